The van der Waals surface area contributed by atoms with Gasteiger partial charge in [-0.1, -0.05) is 30.3 Å². The molecule has 0 radical (unpaired) electrons. The molecule has 158 valence electrons. The monoisotopic (exact) mass is 417 g/mol. The van der Waals surface area contributed by atoms with Gasteiger partial charge >= 0.3 is 0 Å². The number of para-hydroxylation sites is 2. The summed E-state index contributed by atoms with van der Waals surface area (Å²) < 4.78 is 23.2. The van der Waals surface area contributed by atoms with Crippen LogP contribution in [-0.2, 0) is 11.2 Å². The molecule has 1 aliphatic heterocycles. The molecule has 31 heavy (non-hydrogen) atoms. The fourth-order valence-electron chi connectivity index (χ4n) is 4.05. The van der Waals surface area contributed by atoms with E-state index in [1.54, 1.807) is 13.2 Å². The van der Waals surface area contributed by atoms with E-state index in [9.17, 15) is 4.79 Å². The highest BCUT2D eigenvalue weighted by atomic mass is 16.5. The molecule has 0 aliphatic carbocycles. The molecular formula is C25H23NO5. The molecule has 2 heterocycles. The number of amides is 1. The Morgan fingerprint density at radius 3 is 2.71 bits per heavy atom. The summed E-state index contributed by atoms with van der Waals surface area (Å²) in [4.78, 5) is 12.6. The van der Waals surface area contributed by atoms with E-state index >= 15 is 0 Å². The van der Waals surface area contributed by atoms with Gasteiger partial charge in [0.25, 0.3) is 5.91 Å². The molecule has 0 saturated carbocycles. The topological polar surface area (TPSA) is 69.9 Å². The summed E-state index contributed by atoms with van der Waals surface area (Å²) in [6.45, 7) is 3.91. The molecule has 1 aliphatic rings. The molecule has 1 N–H and O–H groups in total. The quantitative estimate of drug-likeness (QED) is 0.476. The predicted octanol–water partition coefficient (Wildman–Crippen LogP) is 5.33. The van der Waals surface area contributed by atoms with Crippen LogP contribution in [0.5, 0.6) is 17.2 Å². The average molecular weight is 417 g/mol. The molecule has 5 rings (SSSR count). The number of furan rings is 1. The maximum atomic E-state index is 12.6. The van der Waals surface area contributed by atoms with Crippen LogP contribution in [0.4, 0.5) is 5.69 Å². The van der Waals surface area contributed by atoms with Crippen LogP contribution in [0, 0.1) is 0 Å². The summed E-state index contributed by atoms with van der Waals surface area (Å²) in [5.74, 6) is 1.53. The maximum absolute atomic E-state index is 12.6. The van der Waals surface area contributed by atoms with Crippen molar-refractivity contribution >= 4 is 33.5 Å². The zero-order valence-electron chi connectivity index (χ0n) is 17.7. The van der Waals surface area contributed by atoms with Crippen molar-refractivity contribution in [2.75, 3.05) is 19.0 Å². The van der Waals surface area contributed by atoms with Gasteiger partial charge in [0.15, 0.2) is 18.1 Å². The van der Waals surface area contributed by atoms with Crippen molar-refractivity contribution in [3.05, 3.63) is 60.2 Å². The van der Waals surface area contributed by atoms with Crippen molar-refractivity contribution in [1.29, 1.82) is 0 Å². The minimum atomic E-state index is -0.302. The number of rotatable bonds is 5. The lowest BCUT2D eigenvalue weighted by molar-refractivity contribution is -0.118. The molecule has 0 unspecified atom stereocenters. The van der Waals surface area contributed by atoms with Gasteiger partial charge in [0.05, 0.1) is 12.8 Å². The normalized spacial score (nSPS) is 14.3. The lowest BCUT2D eigenvalue weighted by Crippen LogP contribution is -2.25. The van der Waals surface area contributed by atoms with E-state index in [0.29, 0.717) is 28.5 Å². The van der Waals surface area contributed by atoms with Gasteiger partial charge in [-0.15, -0.1) is 0 Å². The van der Waals surface area contributed by atoms with Crippen LogP contribution in [0.15, 0.2) is 59.0 Å². The fraction of sp³-hybridized carbons (Fsp3) is 0.240. The van der Waals surface area contributed by atoms with Crippen molar-refractivity contribution in [3.8, 4) is 17.2 Å². The number of anilines is 1. The number of ether oxygens (including phenoxy) is 3. The molecule has 1 amide bonds. The largest absolute Gasteiger partial charge is 0.495 e. The first-order chi connectivity index (χ1) is 14.9. The summed E-state index contributed by atoms with van der Waals surface area (Å²) >= 11 is 0. The highest BCUT2D eigenvalue weighted by molar-refractivity contribution is 6.07. The first-order valence-corrected chi connectivity index (χ1v) is 10.2. The number of hydrogen-bond donors (Lipinski definition) is 1. The van der Waals surface area contributed by atoms with Crippen LogP contribution in [0.25, 0.3) is 21.9 Å². The van der Waals surface area contributed by atoms with E-state index < -0.39 is 0 Å². The van der Waals surface area contributed by atoms with Crippen LogP contribution in [0.2, 0.25) is 0 Å². The number of hydrogen-bond acceptors (Lipinski definition) is 5. The molecular weight excluding hydrogens is 394 g/mol. The third-order valence-electron chi connectivity index (χ3n) is 5.39. The highest BCUT2D eigenvalue weighted by Crippen LogP contribution is 2.42. The first kappa shape index (κ1) is 19.3. The zero-order valence-corrected chi connectivity index (χ0v) is 17.7. The van der Waals surface area contributed by atoms with E-state index in [1.807, 2.05) is 62.4 Å². The Morgan fingerprint density at radius 2 is 1.87 bits per heavy atom. The molecule has 4 aromatic rings. The van der Waals surface area contributed by atoms with Gasteiger partial charge in [0, 0.05) is 28.8 Å². The molecule has 1 aromatic heterocycles. The second kappa shape index (κ2) is 7.23. The maximum Gasteiger partial charge on any atom is 0.262 e. The summed E-state index contributed by atoms with van der Waals surface area (Å²) in [5.41, 5.74) is 2.79. The molecule has 6 heteroatoms. The lowest BCUT2D eigenvalue weighted by atomic mass is 10.0. The van der Waals surface area contributed by atoms with E-state index in [4.69, 9.17) is 18.6 Å². The van der Waals surface area contributed by atoms with Crippen molar-refractivity contribution in [2.24, 2.45) is 0 Å². The minimum Gasteiger partial charge on any atom is -0.495 e. The average Bonchev–Trinajstić information content (AvgIpc) is 3.26. The van der Waals surface area contributed by atoms with Crippen molar-refractivity contribution in [1.82, 2.24) is 0 Å². The van der Waals surface area contributed by atoms with Crippen LogP contribution in [0.1, 0.15) is 19.4 Å². The van der Waals surface area contributed by atoms with Crippen LogP contribution in [-0.4, -0.2) is 25.2 Å². The second-order valence-corrected chi connectivity index (χ2v) is 8.27. The van der Waals surface area contributed by atoms with Gasteiger partial charge in [-0.3, -0.25) is 4.79 Å². The van der Waals surface area contributed by atoms with Crippen molar-refractivity contribution < 1.29 is 23.4 Å². The van der Waals surface area contributed by atoms with E-state index in [2.05, 4.69) is 5.32 Å². The Bertz CT molecular complexity index is 1300. The van der Waals surface area contributed by atoms with Gasteiger partial charge in [0.2, 0.25) is 0 Å². The third kappa shape index (κ3) is 3.54. The summed E-state index contributed by atoms with van der Waals surface area (Å²) in [7, 11) is 1.57. The first-order valence-electron chi connectivity index (χ1n) is 10.2. The molecule has 0 saturated heterocycles. The molecule has 0 bridgehead atoms. The Labute approximate surface area is 179 Å². The number of benzene rings is 3. The van der Waals surface area contributed by atoms with E-state index in [0.717, 1.165) is 28.3 Å². The Kier molecular flexibility index (Phi) is 4.50. The minimum absolute atomic E-state index is 0.151. The van der Waals surface area contributed by atoms with Gasteiger partial charge < -0.3 is 23.9 Å². The van der Waals surface area contributed by atoms with Crippen LogP contribution >= 0.6 is 0 Å². The van der Waals surface area contributed by atoms with E-state index in [1.165, 1.54) is 0 Å². The van der Waals surface area contributed by atoms with Gasteiger partial charge in [-0.2, -0.15) is 0 Å². The smallest absolute Gasteiger partial charge is 0.262 e. The van der Waals surface area contributed by atoms with Gasteiger partial charge in [-0.05, 0) is 32.0 Å². The van der Waals surface area contributed by atoms with Gasteiger partial charge in [0.1, 0.15) is 22.5 Å². The van der Waals surface area contributed by atoms with Crippen molar-refractivity contribution in [2.45, 2.75) is 25.9 Å². The number of carbonyl (C=O) groups is 1. The number of fused-ring (bicyclic) bond motifs is 4. The Morgan fingerprint density at radius 1 is 1.03 bits per heavy atom. The number of carbonyl (C=O) groups excluding carboxylic acids is 1. The zero-order chi connectivity index (χ0) is 21.6. The van der Waals surface area contributed by atoms with Crippen LogP contribution in [0.3, 0.4) is 0 Å². The predicted molar refractivity (Wildman–Crippen MR) is 119 cm³/mol. The number of methoxy groups -OCH3 is 1. The standard InChI is InChI=1S/C25H23NO5/c1-25(2)13-15-7-6-10-20(24(15)31-25)29-14-23(27)26-18-12-21-17(11-22(18)28-3)16-8-4-5-9-19(16)30-21/h4-12H,13-14H2,1-3H3,(H,26,27). The SMILES string of the molecule is COc1cc2c(cc1NC(=O)COc1cccc3c1OC(C)(C)C3)oc1ccccc12. The summed E-state index contributed by atoms with van der Waals surface area (Å²) in [6.07, 6.45) is 0.806. The Hall–Kier alpha value is -3.67. The van der Waals surface area contributed by atoms with Crippen LogP contribution < -0.4 is 19.5 Å². The highest BCUT2D eigenvalue weighted by Gasteiger charge is 2.32. The van der Waals surface area contributed by atoms with E-state index in [-0.39, 0.29) is 18.1 Å². The molecule has 0 spiro atoms. The summed E-state index contributed by atoms with van der Waals surface area (Å²) in [6, 6.07) is 17.2. The van der Waals surface area contributed by atoms with Crippen molar-refractivity contribution in [3.63, 3.8) is 0 Å². The third-order valence-corrected chi connectivity index (χ3v) is 5.39. The molecule has 6 nitrogen and oxygen atoms in total. The van der Waals surface area contributed by atoms with Gasteiger partial charge in [-0.25, -0.2) is 0 Å². The number of nitrogens with one attached hydrogen (secondary N) is 1. The molecule has 0 atom stereocenters. The summed E-state index contributed by atoms with van der Waals surface area (Å²) in [5, 5.41) is 4.79. The second-order valence-electron chi connectivity index (χ2n) is 8.27. The Balaban J connectivity index is 1.35. The molecule has 0 fully saturated rings. The molecule has 3 aromatic carbocycles. The fourth-order valence-corrected chi connectivity index (χ4v) is 4.05. The lowest BCUT2D eigenvalue weighted by Gasteiger charge is -2.18.